The van der Waals surface area contributed by atoms with E-state index in [0.717, 1.165) is 11.9 Å². The molecule has 0 aliphatic heterocycles. The van der Waals surface area contributed by atoms with E-state index < -0.39 is 0 Å². The fraction of sp³-hybridized carbons (Fsp3) is 0.312. The van der Waals surface area contributed by atoms with Crippen molar-refractivity contribution in [3.05, 3.63) is 51.7 Å². The van der Waals surface area contributed by atoms with Gasteiger partial charge in [0.2, 0.25) is 0 Å². The van der Waals surface area contributed by atoms with Crippen LogP contribution in [0.5, 0.6) is 0 Å². The predicted molar refractivity (Wildman–Crippen MR) is 88.7 cm³/mol. The Labute approximate surface area is 127 Å². The Morgan fingerprint density at radius 2 is 2.10 bits per heavy atom. The minimum Gasteiger partial charge on any atom is -0.307 e. The van der Waals surface area contributed by atoms with Gasteiger partial charge < -0.3 is 5.32 Å². The quantitative estimate of drug-likeness (QED) is 0.742. The molecule has 2 nitrogen and oxygen atoms in total. The van der Waals surface area contributed by atoms with Crippen LogP contribution in [0.25, 0.3) is 10.2 Å². The van der Waals surface area contributed by atoms with Crippen LogP contribution in [0.2, 0.25) is 0 Å². The lowest BCUT2D eigenvalue weighted by Crippen LogP contribution is -2.30. The van der Waals surface area contributed by atoms with Crippen LogP contribution in [0.3, 0.4) is 0 Å². The van der Waals surface area contributed by atoms with Crippen molar-refractivity contribution in [2.45, 2.75) is 32.4 Å². The molecule has 1 N–H and O–H groups in total. The van der Waals surface area contributed by atoms with Gasteiger partial charge in [-0.3, -0.25) is 4.98 Å². The van der Waals surface area contributed by atoms with Gasteiger partial charge in [-0.15, -0.1) is 22.7 Å². The van der Waals surface area contributed by atoms with Crippen molar-refractivity contribution in [2.75, 3.05) is 0 Å². The van der Waals surface area contributed by atoms with E-state index in [-0.39, 0.29) is 0 Å². The van der Waals surface area contributed by atoms with Crippen molar-refractivity contribution in [3.8, 4) is 0 Å². The number of nitrogens with zero attached hydrogens (tertiary/aromatic N) is 1. The van der Waals surface area contributed by atoms with E-state index in [1.54, 1.807) is 11.3 Å². The number of fused-ring (bicyclic) bond motifs is 1. The molecule has 0 saturated carbocycles. The molecule has 20 heavy (non-hydrogen) atoms. The molecule has 0 radical (unpaired) electrons. The Morgan fingerprint density at radius 1 is 1.20 bits per heavy atom. The molecular weight excluding hydrogens is 284 g/mol. The molecule has 0 spiro atoms. The average molecular weight is 302 g/mol. The predicted octanol–water partition coefficient (Wildman–Crippen LogP) is 4.64. The maximum absolute atomic E-state index is 4.52. The topological polar surface area (TPSA) is 24.9 Å². The molecule has 0 aliphatic rings. The summed E-state index contributed by atoms with van der Waals surface area (Å²) in [6, 6.07) is 9.42. The number of hydrogen-bond acceptors (Lipinski definition) is 4. The number of thiophene rings is 2. The zero-order chi connectivity index (χ0) is 13.9. The van der Waals surface area contributed by atoms with Crippen LogP contribution < -0.4 is 5.32 Å². The van der Waals surface area contributed by atoms with Crippen molar-refractivity contribution >= 4 is 32.9 Å². The highest BCUT2D eigenvalue weighted by atomic mass is 32.1. The van der Waals surface area contributed by atoms with E-state index in [0.29, 0.717) is 12.1 Å². The SMILES string of the molecule is CC(Cc1cccs1)NC(C)c1cnc2ccsc2c1. The standard InChI is InChI=1S/C16H18N2S2/c1-11(8-14-4-3-6-19-14)18-12(2)13-9-16-15(17-10-13)5-7-20-16/h3-7,9-12,18H,8H2,1-2H3. The smallest absolute Gasteiger partial charge is 0.0809 e. The number of rotatable bonds is 5. The van der Waals surface area contributed by atoms with Crippen LogP contribution in [0.1, 0.15) is 30.3 Å². The molecule has 4 heteroatoms. The molecular formula is C16H18N2S2. The van der Waals surface area contributed by atoms with Crippen LogP contribution >= 0.6 is 22.7 Å². The van der Waals surface area contributed by atoms with E-state index in [1.165, 1.54) is 15.1 Å². The first kappa shape index (κ1) is 13.7. The molecule has 3 aromatic heterocycles. The molecule has 2 atom stereocenters. The van der Waals surface area contributed by atoms with E-state index in [9.17, 15) is 0 Å². The largest absolute Gasteiger partial charge is 0.307 e. The first-order chi connectivity index (χ1) is 9.72. The molecule has 104 valence electrons. The lowest BCUT2D eigenvalue weighted by atomic mass is 10.1. The number of pyridine rings is 1. The van der Waals surface area contributed by atoms with Crippen LogP contribution in [-0.4, -0.2) is 11.0 Å². The lowest BCUT2D eigenvalue weighted by molar-refractivity contribution is 0.479. The Bertz CT molecular complexity index is 673. The van der Waals surface area contributed by atoms with Crippen LogP contribution in [0, 0.1) is 0 Å². The van der Waals surface area contributed by atoms with Gasteiger partial charge in [-0.1, -0.05) is 6.07 Å². The second-order valence-corrected chi connectivity index (χ2v) is 7.13. The molecule has 0 amide bonds. The maximum Gasteiger partial charge on any atom is 0.0809 e. The summed E-state index contributed by atoms with van der Waals surface area (Å²) in [4.78, 5) is 5.95. The molecule has 0 aromatic carbocycles. The van der Waals surface area contributed by atoms with Crippen LogP contribution in [0.4, 0.5) is 0 Å². The van der Waals surface area contributed by atoms with Crippen molar-refractivity contribution in [2.24, 2.45) is 0 Å². The first-order valence-electron chi connectivity index (χ1n) is 6.84. The summed E-state index contributed by atoms with van der Waals surface area (Å²) in [6.07, 6.45) is 3.07. The summed E-state index contributed by atoms with van der Waals surface area (Å²) in [6.45, 7) is 4.45. The number of nitrogens with one attached hydrogen (secondary N) is 1. The lowest BCUT2D eigenvalue weighted by Gasteiger charge is -2.19. The Kier molecular flexibility index (Phi) is 4.15. The molecule has 0 bridgehead atoms. The van der Waals surface area contributed by atoms with Crippen molar-refractivity contribution in [1.29, 1.82) is 0 Å². The van der Waals surface area contributed by atoms with Gasteiger partial charge in [-0.25, -0.2) is 0 Å². The average Bonchev–Trinajstić information content (AvgIpc) is 3.07. The van der Waals surface area contributed by atoms with Gasteiger partial charge in [-0.2, -0.15) is 0 Å². The monoisotopic (exact) mass is 302 g/mol. The Hall–Kier alpha value is -1.23. The number of hydrogen-bond donors (Lipinski definition) is 1. The summed E-state index contributed by atoms with van der Waals surface area (Å²) >= 11 is 3.58. The number of aromatic nitrogens is 1. The summed E-state index contributed by atoms with van der Waals surface area (Å²) in [7, 11) is 0. The zero-order valence-electron chi connectivity index (χ0n) is 11.7. The molecule has 0 aliphatic carbocycles. The zero-order valence-corrected chi connectivity index (χ0v) is 13.3. The fourth-order valence-electron chi connectivity index (χ4n) is 2.41. The van der Waals surface area contributed by atoms with Gasteiger partial charge >= 0.3 is 0 Å². The highest BCUT2D eigenvalue weighted by molar-refractivity contribution is 7.17. The molecule has 0 saturated heterocycles. The van der Waals surface area contributed by atoms with Gasteiger partial charge in [0, 0.05) is 23.2 Å². The molecule has 3 heterocycles. The van der Waals surface area contributed by atoms with E-state index in [1.807, 2.05) is 17.5 Å². The fourth-order valence-corrected chi connectivity index (χ4v) is 4.04. The minimum atomic E-state index is 0.323. The second kappa shape index (κ2) is 6.04. The highest BCUT2D eigenvalue weighted by Crippen LogP contribution is 2.23. The molecule has 3 aromatic rings. The van der Waals surface area contributed by atoms with E-state index >= 15 is 0 Å². The third kappa shape index (κ3) is 3.08. The third-order valence-corrected chi connectivity index (χ3v) is 5.20. The van der Waals surface area contributed by atoms with Gasteiger partial charge in [0.1, 0.15) is 0 Å². The molecule has 2 unspecified atom stereocenters. The van der Waals surface area contributed by atoms with Crippen molar-refractivity contribution in [3.63, 3.8) is 0 Å². The normalized spacial score (nSPS) is 14.5. The van der Waals surface area contributed by atoms with Gasteiger partial charge in [0.05, 0.1) is 10.2 Å². The highest BCUT2D eigenvalue weighted by Gasteiger charge is 2.11. The summed E-state index contributed by atoms with van der Waals surface area (Å²) in [5.41, 5.74) is 2.36. The maximum atomic E-state index is 4.52. The van der Waals surface area contributed by atoms with E-state index in [4.69, 9.17) is 0 Å². The first-order valence-corrected chi connectivity index (χ1v) is 8.60. The molecule has 0 fully saturated rings. The Morgan fingerprint density at radius 3 is 2.90 bits per heavy atom. The van der Waals surface area contributed by atoms with Crippen LogP contribution in [-0.2, 0) is 6.42 Å². The summed E-state index contributed by atoms with van der Waals surface area (Å²) < 4.78 is 1.27. The van der Waals surface area contributed by atoms with Crippen molar-refractivity contribution in [1.82, 2.24) is 10.3 Å². The van der Waals surface area contributed by atoms with Gasteiger partial charge in [0.25, 0.3) is 0 Å². The summed E-state index contributed by atoms with van der Waals surface area (Å²) in [5, 5.41) is 7.90. The summed E-state index contributed by atoms with van der Waals surface area (Å²) in [5.74, 6) is 0. The van der Waals surface area contributed by atoms with Crippen molar-refractivity contribution < 1.29 is 0 Å². The third-order valence-electron chi connectivity index (χ3n) is 3.45. The minimum absolute atomic E-state index is 0.323. The van der Waals surface area contributed by atoms with Crippen LogP contribution in [0.15, 0.2) is 41.2 Å². The van der Waals surface area contributed by atoms with E-state index in [2.05, 4.69) is 59.2 Å². The van der Waals surface area contributed by atoms with Gasteiger partial charge in [0.15, 0.2) is 0 Å². The second-order valence-electron chi connectivity index (χ2n) is 5.15. The molecule has 3 rings (SSSR count). The Balaban J connectivity index is 1.67. The van der Waals surface area contributed by atoms with Gasteiger partial charge in [-0.05, 0) is 54.8 Å².